The van der Waals surface area contributed by atoms with Crippen LogP contribution in [0.5, 0.6) is 0 Å². The zero-order valence-corrected chi connectivity index (χ0v) is 9.52. The maximum absolute atomic E-state index is 11.1. The summed E-state index contributed by atoms with van der Waals surface area (Å²) in [6.07, 6.45) is 4.87. The first-order chi connectivity index (χ1) is 6.22. The van der Waals surface area contributed by atoms with Gasteiger partial charge in [-0.3, -0.25) is 4.79 Å². The minimum atomic E-state index is -0.0528. The van der Waals surface area contributed by atoms with E-state index in [-0.39, 0.29) is 18.4 Å². The molecule has 0 aromatic heterocycles. The molecule has 0 aromatic carbocycles. The number of rotatable bonds is 3. The molecule has 0 saturated heterocycles. The predicted octanol–water partition coefficient (Wildman–Crippen LogP) is 1.88. The van der Waals surface area contributed by atoms with Gasteiger partial charge in [0.05, 0.1) is 6.61 Å². The van der Waals surface area contributed by atoms with E-state index in [4.69, 9.17) is 10.5 Å². The number of esters is 1. The van der Waals surface area contributed by atoms with Crippen molar-refractivity contribution in [2.75, 3.05) is 6.61 Å². The van der Waals surface area contributed by atoms with Crippen LogP contribution in [0, 0.1) is 5.92 Å². The highest BCUT2D eigenvalue weighted by Crippen LogP contribution is 2.25. The van der Waals surface area contributed by atoms with Crippen LogP contribution in [-0.4, -0.2) is 18.6 Å². The second kappa shape index (κ2) is 7.07. The summed E-state index contributed by atoms with van der Waals surface area (Å²) in [4.78, 5) is 11.1. The van der Waals surface area contributed by atoms with E-state index in [1.807, 2.05) is 6.92 Å². The van der Waals surface area contributed by atoms with Crippen molar-refractivity contribution in [3.8, 4) is 0 Å². The van der Waals surface area contributed by atoms with Gasteiger partial charge in [-0.1, -0.05) is 0 Å². The van der Waals surface area contributed by atoms with Crippen LogP contribution in [0.3, 0.4) is 0 Å². The van der Waals surface area contributed by atoms with Crippen molar-refractivity contribution in [2.45, 2.75) is 45.1 Å². The third-order valence-corrected chi connectivity index (χ3v) is 2.65. The van der Waals surface area contributed by atoms with Gasteiger partial charge in [0.2, 0.25) is 0 Å². The third kappa shape index (κ3) is 4.82. The molecule has 1 rings (SSSR count). The number of carbonyl (C=O) groups is 1. The summed E-state index contributed by atoms with van der Waals surface area (Å²) in [5.41, 5.74) is 5.77. The number of hydrogen-bond acceptors (Lipinski definition) is 3. The molecule has 0 bridgehead atoms. The van der Waals surface area contributed by atoms with Gasteiger partial charge in [0, 0.05) is 12.5 Å². The Morgan fingerprint density at radius 1 is 1.36 bits per heavy atom. The minimum absolute atomic E-state index is 0. The van der Waals surface area contributed by atoms with Gasteiger partial charge in [-0.25, -0.2) is 0 Å². The molecule has 0 aliphatic heterocycles. The molecule has 1 fully saturated rings. The Hall–Kier alpha value is -0.280. The molecule has 4 heteroatoms. The Labute approximate surface area is 91.8 Å². The van der Waals surface area contributed by atoms with Crippen molar-refractivity contribution in [1.82, 2.24) is 0 Å². The lowest BCUT2D eigenvalue weighted by atomic mass is 9.84. The Morgan fingerprint density at radius 3 is 2.43 bits per heavy atom. The van der Waals surface area contributed by atoms with Gasteiger partial charge in [0.1, 0.15) is 0 Å². The molecule has 2 N–H and O–H groups in total. The first kappa shape index (κ1) is 13.7. The van der Waals surface area contributed by atoms with Crippen molar-refractivity contribution in [1.29, 1.82) is 0 Å². The fraction of sp³-hybridized carbons (Fsp3) is 0.900. The van der Waals surface area contributed by atoms with E-state index in [1.165, 1.54) is 0 Å². The van der Waals surface area contributed by atoms with E-state index in [0.29, 0.717) is 25.0 Å². The summed E-state index contributed by atoms with van der Waals surface area (Å²) in [5.74, 6) is 0.460. The van der Waals surface area contributed by atoms with E-state index in [2.05, 4.69) is 0 Å². The van der Waals surface area contributed by atoms with Gasteiger partial charge in [-0.15, -0.1) is 12.4 Å². The van der Waals surface area contributed by atoms with Gasteiger partial charge < -0.3 is 10.5 Å². The van der Waals surface area contributed by atoms with E-state index >= 15 is 0 Å². The molecule has 0 spiro atoms. The molecule has 84 valence electrons. The van der Waals surface area contributed by atoms with Gasteiger partial charge >= 0.3 is 5.97 Å². The molecule has 3 nitrogen and oxygen atoms in total. The van der Waals surface area contributed by atoms with Gasteiger partial charge in [0.15, 0.2) is 0 Å². The summed E-state index contributed by atoms with van der Waals surface area (Å²) in [6, 6.07) is 0.360. The third-order valence-electron chi connectivity index (χ3n) is 2.65. The predicted molar refractivity (Wildman–Crippen MR) is 58.4 cm³/mol. The quantitative estimate of drug-likeness (QED) is 0.741. The van der Waals surface area contributed by atoms with E-state index in [9.17, 15) is 4.79 Å². The number of hydrogen-bond donors (Lipinski definition) is 1. The van der Waals surface area contributed by atoms with E-state index < -0.39 is 0 Å². The fourth-order valence-corrected chi connectivity index (χ4v) is 1.85. The Balaban J connectivity index is 0.00000169. The lowest BCUT2D eigenvalue weighted by Crippen LogP contribution is -2.27. The molecule has 0 radical (unpaired) electrons. The molecule has 0 unspecified atom stereocenters. The van der Waals surface area contributed by atoms with Crippen molar-refractivity contribution in [3.63, 3.8) is 0 Å². The standard InChI is InChI=1S/C10H19NO2.ClH/c1-2-13-10(12)7-8-3-5-9(11)6-4-8;/h8-9H,2-7,11H2,1H3;1H/t8-,9+;. The van der Waals surface area contributed by atoms with Crippen LogP contribution in [0.15, 0.2) is 0 Å². The van der Waals surface area contributed by atoms with Crippen molar-refractivity contribution in [3.05, 3.63) is 0 Å². The normalized spacial score (nSPS) is 26.4. The molecule has 0 aromatic rings. The topological polar surface area (TPSA) is 52.3 Å². The highest BCUT2D eigenvalue weighted by molar-refractivity contribution is 5.85. The lowest BCUT2D eigenvalue weighted by molar-refractivity contribution is -0.144. The molecule has 1 saturated carbocycles. The van der Waals surface area contributed by atoms with Crippen molar-refractivity contribution < 1.29 is 9.53 Å². The maximum atomic E-state index is 11.1. The zero-order chi connectivity index (χ0) is 9.68. The Bertz CT molecular complexity index is 168. The summed E-state index contributed by atoms with van der Waals surface area (Å²) in [6.45, 7) is 2.33. The van der Waals surface area contributed by atoms with Crippen molar-refractivity contribution >= 4 is 18.4 Å². The SMILES string of the molecule is CCOC(=O)C[C@H]1CC[C@@H](N)CC1.Cl. The second-order valence-electron chi connectivity index (χ2n) is 3.79. The first-order valence-electron chi connectivity index (χ1n) is 5.13. The minimum Gasteiger partial charge on any atom is -0.466 e. The Morgan fingerprint density at radius 2 is 1.93 bits per heavy atom. The van der Waals surface area contributed by atoms with Gasteiger partial charge in [-0.05, 0) is 38.5 Å². The fourth-order valence-electron chi connectivity index (χ4n) is 1.85. The van der Waals surface area contributed by atoms with Crippen LogP contribution < -0.4 is 5.73 Å². The van der Waals surface area contributed by atoms with Crippen LogP contribution in [0.1, 0.15) is 39.0 Å². The average Bonchev–Trinajstić information content (AvgIpc) is 2.09. The summed E-state index contributed by atoms with van der Waals surface area (Å²) in [7, 11) is 0. The highest BCUT2D eigenvalue weighted by atomic mass is 35.5. The van der Waals surface area contributed by atoms with E-state index in [0.717, 1.165) is 25.7 Å². The van der Waals surface area contributed by atoms with E-state index in [1.54, 1.807) is 0 Å². The van der Waals surface area contributed by atoms with Crippen LogP contribution in [0.25, 0.3) is 0 Å². The zero-order valence-electron chi connectivity index (χ0n) is 8.70. The molecule has 1 aliphatic rings. The number of halogens is 1. The van der Waals surface area contributed by atoms with Crippen LogP contribution in [-0.2, 0) is 9.53 Å². The molecule has 14 heavy (non-hydrogen) atoms. The monoisotopic (exact) mass is 221 g/mol. The number of nitrogens with two attached hydrogens (primary N) is 1. The summed E-state index contributed by atoms with van der Waals surface area (Å²) in [5, 5.41) is 0. The van der Waals surface area contributed by atoms with Crippen molar-refractivity contribution in [2.24, 2.45) is 11.7 Å². The second-order valence-corrected chi connectivity index (χ2v) is 3.79. The maximum Gasteiger partial charge on any atom is 0.306 e. The first-order valence-corrected chi connectivity index (χ1v) is 5.13. The highest BCUT2D eigenvalue weighted by Gasteiger charge is 2.21. The number of ether oxygens (including phenoxy) is 1. The molecule has 0 amide bonds. The summed E-state index contributed by atoms with van der Waals surface area (Å²) >= 11 is 0. The van der Waals surface area contributed by atoms with Gasteiger partial charge in [0.25, 0.3) is 0 Å². The van der Waals surface area contributed by atoms with Crippen LogP contribution in [0.4, 0.5) is 0 Å². The number of carbonyl (C=O) groups excluding carboxylic acids is 1. The smallest absolute Gasteiger partial charge is 0.306 e. The molecule has 1 aliphatic carbocycles. The van der Waals surface area contributed by atoms with Gasteiger partial charge in [-0.2, -0.15) is 0 Å². The molecule has 0 heterocycles. The summed E-state index contributed by atoms with van der Waals surface area (Å²) < 4.78 is 4.90. The molecular weight excluding hydrogens is 202 g/mol. The van der Waals surface area contributed by atoms with Crippen LogP contribution >= 0.6 is 12.4 Å². The molecular formula is C10H20ClNO2. The largest absolute Gasteiger partial charge is 0.466 e. The molecule has 0 atom stereocenters. The van der Waals surface area contributed by atoms with Crippen LogP contribution in [0.2, 0.25) is 0 Å². The Kier molecular flexibility index (Phi) is 6.93. The average molecular weight is 222 g/mol. The lowest BCUT2D eigenvalue weighted by Gasteiger charge is -2.25.